The predicted molar refractivity (Wildman–Crippen MR) is 136 cm³/mol. The van der Waals surface area contributed by atoms with Crippen molar-refractivity contribution in [3.05, 3.63) is 65.5 Å². The van der Waals surface area contributed by atoms with Gasteiger partial charge in [0.05, 0.1) is 22.6 Å². The van der Waals surface area contributed by atoms with E-state index < -0.39 is 34.4 Å². The molecule has 4 rings (SSSR count). The molecule has 2 aliphatic rings. The van der Waals surface area contributed by atoms with Gasteiger partial charge in [0, 0.05) is 44.5 Å². The van der Waals surface area contributed by atoms with Crippen LogP contribution in [0.15, 0.2) is 48.5 Å². The first-order valence-electron chi connectivity index (χ1n) is 12.2. The molecule has 9 nitrogen and oxygen atoms in total. The number of hydrogen-bond acceptors (Lipinski definition) is 7. The number of ether oxygens (including phenoxy) is 1. The van der Waals surface area contributed by atoms with Crippen molar-refractivity contribution in [1.82, 2.24) is 9.80 Å². The van der Waals surface area contributed by atoms with Crippen LogP contribution in [-0.4, -0.2) is 92.9 Å². The van der Waals surface area contributed by atoms with Gasteiger partial charge in [-0.3, -0.25) is 9.59 Å². The van der Waals surface area contributed by atoms with E-state index in [1.807, 2.05) is 0 Å². The van der Waals surface area contributed by atoms with Crippen molar-refractivity contribution >= 4 is 33.3 Å². The molecular weight excluding hydrogens is 501 g/mol. The highest BCUT2D eigenvalue weighted by Crippen LogP contribution is 2.20. The molecule has 2 fully saturated rings. The number of benzene rings is 2. The van der Waals surface area contributed by atoms with E-state index in [0.717, 1.165) is 5.69 Å². The number of hydrogen-bond donors (Lipinski definition) is 0. The lowest BCUT2D eigenvalue weighted by Crippen LogP contribution is -2.49. The summed E-state index contributed by atoms with van der Waals surface area (Å²) in [7, 11) is -3.17. The van der Waals surface area contributed by atoms with Gasteiger partial charge in [-0.2, -0.15) is 0 Å². The second-order valence-electron chi connectivity index (χ2n) is 9.11. The Kier molecular flexibility index (Phi) is 8.11. The minimum absolute atomic E-state index is 0.0366. The molecule has 2 heterocycles. The molecular formula is C26H30FN3O6S. The van der Waals surface area contributed by atoms with Crippen molar-refractivity contribution in [1.29, 1.82) is 0 Å². The molecule has 0 unspecified atom stereocenters. The molecule has 0 spiro atoms. The molecule has 0 aromatic heterocycles. The van der Waals surface area contributed by atoms with Gasteiger partial charge >= 0.3 is 5.97 Å². The van der Waals surface area contributed by atoms with E-state index >= 15 is 0 Å². The largest absolute Gasteiger partial charge is 0.452 e. The van der Waals surface area contributed by atoms with E-state index in [0.29, 0.717) is 39.1 Å². The first-order valence-corrected chi connectivity index (χ1v) is 14.1. The summed E-state index contributed by atoms with van der Waals surface area (Å²) in [5.41, 5.74) is 1.12. The Hall–Kier alpha value is -3.47. The van der Waals surface area contributed by atoms with Crippen LogP contribution in [0.3, 0.4) is 0 Å². The number of rotatable bonds is 7. The Labute approximate surface area is 215 Å². The lowest BCUT2D eigenvalue weighted by Gasteiger charge is -2.36. The number of esters is 1. The van der Waals surface area contributed by atoms with Crippen molar-refractivity contribution in [2.75, 3.05) is 55.7 Å². The Bertz CT molecular complexity index is 1260. The van der Waals surface area contributed by atoms with Crippen LogP contribution in [0.4, 0.5) is 10.1 Å². The Balaban J connectivity index is 1.36. The van der Waals surface area contributed by atoms with Crippen LogP contribution in [-0.2, 0) is 19.4 Å². The second-order valence-corrected chi connectivity index (χ2v) is 11.3. The van der Waals surface area contributed by atoms with E-state index in [1.54, 1.807) is 42.2 Å². The van der Waals surface area contributed by atoms with Crippen LogP contribution in [0.5, 0.6) is 0 Å². The number of carbonyl (C=O) groups excluding carboxylic acids is 3. The van der Waals surface area contributed by atoms with E-state index in [2.05, 4.69) is 4.90 Å². The maximum Gasteiger partial charge on any atom is 0.339 e. The van der Waals surface area contributed by atoms with Gasteiger partial charge in [-0.15, -0.1) is 0 Å². The topological polar surface area (TPSA) is 104 Å². The number of nitrogens with zero attached hydrogens (tertiary/aromatic N) is 3. The summed E-state index contributed by atoms with van der Waals surface area (Å²) in [5.74, 6) is -1.95. The Morgan fingerprint density at radius 3 is 2.24 bits per heavy atom. The van der Waals surface area contributed by atoms with E-state index in [4.69, 9.17) is 4.74 Å². The number of likely N-dealkylation sites (N-methyl/N-ethyl adjacent to an activating group) is 1. The summed E-state index contributed by atoms with van der Waals surface area (Å²) < 4.78 is 42.1. The van der Waals surface area contributed by atoms with Gasteiger partial charge in [-0.25, -0.2) is 17.6 Å². The van der Waals surface area contributed by atoms with Crippen LogP contribution in [0.1, 0.15) is 34.1 Å². The molecule has 0 bridgehead atoms. The van der Waals surface area contributed by atoms with Crippen LogP contribution in [0.2, 0.25) is 0 Å². The summed E-state index contributed by atoms with van der Waals surface area (Å²) in [5, 5.41) is 0. The number of sulfone groups is 1. The van der Waals surface area contributed by atoms with E-state index in [1.165, 1.54) is 23.1 Å². The van der Waals surface area contributed by atoms with Gasteiger partial charge in [-0.05, 0) is 49.7 Å². The minimum Gasteiger partial charge on any atom is -0.452 e. The minimum atomic E-state index is -3.17. The van der Waals surface area contributed by atoms with Gasteiger partial charge in [-0.1, -0.05) is 12.1 Å². The number of anilines is 1. The zero-order valence-electron chi connectivity index (χ0n) is 20.6. The zero-order chi connectivity index (χ0) is 26.6. The molecule has 2 aromatic rings. The van der Waals surface area contributed by atoms with Crippen molar-refractivity contribution in [2.24, 2.45) is 0 Å². The standard InChI is InChI=1S/C26H30FN3O6S/c1-2-30(21-11-16-37(34,35)18-21)24(31)17-36-26(33)23-6-4-3-5-22(23)25(32)29-14-12-28(13-15-29)20-9-7-19(27)8-10-20/h3-10,21H,2,11-18H2,1H3/t21-/m0/s1. The molecule has 2 saturated heterocycles. The lowest BCUT2D eigenvalue weighted by molar-refractivity contribution is -0.136. The van der Waals surface area contributed by atoms with Crippen LogP contribution in [0, 0.1) is 5.82 Å². The molecule has 2 aliphatic heterocycles. The molecule has 198 valence electrons. The third-order valence-electron chi connectivity index (χ3n) is 6.77. The van der Waals surface area contributed by atoms with Crippen LogP contribution in [0.25, 0.3) is 0 Å². The van der Waals surface area contributed by atoms with Crippen molar-refractivity contribution < 1.29 is 31.9 Å². The third kappa shape index (κ3) is 6.27. The molecule has 0 aliphatic carbocycles. The first-order chi connectivity index (χ1) is 17.7. The molecule has 37 heavy (non-hydrogen) atoms. The maximum absolute atomic E-state index is 13.3. The van der Waals surface area contributed by atoms with Crippen molar-refractivity contribution in [3.63, 3.8) is 0 Å². The number of halogens is 1. The highest BCUT2D eigenvalue weighted by molar-refractivity contribution is 7.91. The normalized spacial score (nSPS) is 18.9. The highest BCUT2D eigenvalue weighted by atomic mass is 32.2. The second kappa shape index (κ2) is 11.3. The Morgan fingerprint density at radius 1 is 1.00 bits per heavy atom. The number of carbonyl (C=O) groups is 3. The van der Waals surface area contributed by atoms with Gasteiger partial charge in [0.2, 0.25) is 0 Å². The molecule has 0 radical (unpaired) electrons. The summed E-state index contributed by atoms with van der Waals surface area (Å²) in [6, 6.07) is 12.1. The fourth-order valence-electron chi connectivity index (χ4n) is 4.78. The number of amides is 2. The SMILES string of the molecule is CCN(C(=O)COC(=O)c1ccccc1C(=O)N1CCN(c2ccc(F)cc2)CC1)[C@H]1CCS(=O)(=O)C1. The predicted octanol–water partition coefficient (Wildman–Crippen LogP) is 1.98. The average molecular weight is 532 g/mol. The average Bonchev–Trinajstić information content (AvgIpc) is 3.26. The molecule has 1 atom stereocenters. The van der Waals surface area contributed by atoms with Crippen molar-refractivity contribution in [3.8, 4) is 0 Å². The summed E-state index contributed by atoms with van der Waals surface area (Å²) in [6.07, 6.45) is 0.363. The fraction of sp³-hybridized carbons (Fsp3) is 0.423. The lowest BCUT2D eigenvalue weighted by atomic mass is 10.1. The molecule has 2 aromatic carbocycles. The highest BCUT2D eigenvalue weighted by Gasteiger charge is 2.34. The molecule has 0 N–H and O–H groups in total. The smallest absolute Gasteiger partial charge is 0.339 e. The molecule has 0 saturated carbocycles. The summed E-state index contributed by atoms with van der Waals surface area (Å²) in [4.78, 5) is 43.9. The van der Waals surface area contributed by atoms with Gasteiger partial charge in [0.15, 0.2) is 16.4 Å². The van der Waals surface area contributed by atoms with E-state index in [-0.39, 0.29) is 34.4 Å². The van der Waals surface area contributed by atoms with Crippen LogP contribution >= 0.6 is 0 Å². The Morgan fingerprint density at radius 2 is 1.65 bits per heavy atom. The number of piperazine rings is 1. The maximum atomic E-state index is 13.3. The third-order valence-corrected chi connectivity index (χ3v) is 8.52. The van der Waals surface area contributed by atoms with Crippen molar-refractivity contribution in [2.45, 2.75) is 19.4 Å². The zero-order valence-corrected chi connectivity index (χ0v) is 21.5. The molecule has 2 amide bonds. The van der Waals surface area contributed by atoms with Gasteiger partial charge in [0.1, 0.15) is 5.82 Å². The molecule has 11 heteroatoms. The first kappa shape index (κ1) is 26.6. The monoisotopic (exact) mass is 531 g/mol. The summed E-state index contributed by atoms with van der Waals surface area (Å²) >= 11 is 0. The fourth-order valence-corrected chi connectivity index (χ4v) is 6.52. The quantitative estimate of drug-likeness (QED) is 0.503. The van der Waals surface area contributed by atoms with Gasteiger partial charge in [0.25, 0.3) is 11.8 Å². The van der Waals surface area contributed by atoms with Gasteiger partial charge < -0.3 is 19.4 Å². The van der Waals surface area contributed by atoms with Crippen LogP contribution < -0.4 is 4.90 Å². The van der Waals surface area contributed by atoms with E-state index in [9.17, 15) is 27.2 Å². The summed E-state index contributed by atoms with van der Waals surface area (Å²) in [6.45, 7) is 3.47.